The summed E-state index contributed by atoms with van der Waals surface area (Å²) in [5.74, 6) is 0.105. The first-order chi connectivity index (χ1) is 8.09. The summed E-state index contributed by atoms with van der Waals surface area (Å²) in [6, 6.07) is 0.0612. The summed E-state index contributed by atoms with van der Waals surface area (Å²) < 4.78 is 26.2. The van der Waals surface area contributed by atoms with Gasteiger partial charge in [0.1, 0.15) is 5.01 Å². The molecule has 96 valence electrons. The van der Waals surface area contributed by atoms with Crippen LogP contribution in [0.4, 0.5) is 5.13 Å². The Morgan fingerprint density at radius 2 is 2.35 bits per heavy atom. The van der Waals surface area contributed by atoms with Gasteiger partial charge >= 0.3 is 0 Å². The third kappa shape index (κ3) is 3.62. The van der Waals surface area contributed by atoms with E-state index in [4.69, 9.17) is 0 Å². The van der Waals surface area contributed by atoms with Crippen molar-refractivity contribution in [2.75, 3.05) is 17.0 Å². The molecular formula is C9H16N4O2S2. The molecule has 0 spiro atoms. The van der Waals surface area contributed by atoms with E-state index in [2.05, 4.69) is 20.2 Å². The molecule has 2 rings (SSSR count). The molecule has 1 aliphatic heterocycles. The maximum absolute atomic E-state index is 11.8. The van der Waals surface area contributed by atoms with Crippen LogP contribution in [0.1, 0.15) is 24.8 Å². The molecule has 0 bridgehead atoms. The largest absolute Gasteiger partial charge is 0.313 e. The minimum atomic E-state index is -3.32. The summed E-state index contributed by atoms with van der Waals surface area (Å²) in [4.78, 5) is 0. The van der Waals surface area contributed by atoms with E-state index in [9.17, 15) is 8.42 Å². The molecule has 1 unspecified atom stereocenters. The van der Waals surface area contributed by atoms with Crippen LogP contribution in [0.25, 0.3) is 0 Å². The predicted octanol–water partition coefficient (Wildman–Crippen LogP) is 0.594. The molecule has 8 heteroatoms. The summed E-state index contributed by atoms with van der Waals surface area (Å²) in [6.07, 6.45) is 2.72. The Balaban J connectivity index is 1.96. The van der Waals surface area contributed by atoms with E-state index < -0.39 is 10.0 Å². The van der Waals surface area contributed by atoms with Crippen molar-refractivity contribution in [2.24, 2.45) is 0 Å². The molecule has 2 heterocycles. The number of aryl methyl sites for hydroxylation is 1. The average molecular weight is 276 g/mol. The van der Waals surface area contributed by atoms with E-state index in [1.165, 1.54) is 11.3 Å². The Hall–Kier alpha value is -0.730. The van der Waals surface area contributed by atoms with Crippen molar-refractivity contribution in [3.05, 3.63) is 5.01 Å². The molecule has 1 fully saturated rings. The van der Waals surface area contributed by atoms with Crippen molar-refractivity contribution < 1.29 is 8.42 Å². The van der Waals surface area contributed by atoms with E-state index in [1.807, 2.05) is 6.92 Å². The molecule has 0 saturated carbocycles. The first kappa shape index (κ1) is 12.7. The zero-order valence-corrected chi connectivity index (χ0v) is 11.3. The highest BCUT2D eigenvalue weighted by molar-refractivity contribution is 7.92. The molecule has 0 radical (unpaired) electrons. The van der Waals surface area contributed by atoms with Gasteiger partial charge in [-0.2, -0.15) is 0 Å². The number of rotatable bonds is 5. The number of nitrogens with zero attached hydrogens (tertiary/aromatic N) is 2. The van der Waals surface area contributed by atoms with Gasteiger partial charge in [0.25, 0.3) is 0 Å². The smallest absolute Gasteiger partial charge is 0.236 e. The van der Waals surface area contributed by atoms with E-state index in [0.29, 0.717) is 5.13 Å². The van der Waals surface area contributed by atoms with Gasteiger partial charge in [0.15, 0.2) is 0 Å². The molecular weight excluding hydrogens is 260 g/mol. The van der Waals surface area contributed by atoms with Gasteiger partial charge in [-0.05, 0) is 25.8 Å². The van der Waals surface area contributed by atoms with Crippen molar-refractivity contribution in [3.63, 3.8) is 0 Å². The van der Waals surface area contributed by atoms with Crippen molar-refractivity contribution >= 4 is 26.5 Å². The summed E-state index contributed by atoms with van der Waals surface area (Å²) in [6.45, 7) is 2.86. The Kier molecular flexibility index (Phi) is 3.95. The SMILES string of the molecule is CCc1nnc(NS(=O)(=O)CC2CCCN2)s1. The molecule has 0 amide bonds. The Morgan fingerprint density at radius 3 is 2.94 bits per heavy atom. The van der Waals surface area contributed by atoms with Crippen LogP contribution < -0.4 is 10.0 Å². The summed E-state index contributed by atoms with van der Waals surface area (Å²) in [5.41, 5.74) is 0. The van der Waals surface area contributed by atoms with Crippen molar-refractivity contribution in [1.82, 2.24) is 15.5 Å². The Morgan fingerprint density at radius 1 is 1.53 bits per heavy atom. The van der Waals surface area contributed by atoms with Crippen LogP contribution in [-0.4, -0.2) is 37.0 Å². The molecule has 1 aromatic rings. The zero-order chi connectivity index (χ0) is 12.3. The number of anilines is 1. The third-order valence-corrected chi connectivity index (χ3v) is 5.05. The standard InChI is InChI=1S/C9H16N4O2S2/c1-2-8-11-12-9(16-8)13-17(14,15)6-7-4-3-5-10-7/h7,10H,2-6H2,1H3,(H,12,13). The monoisotopic (exact) mass is 276 g/mol. The van der Waals surface area contributed by atoms with Crippen LogP contribution in [0, 0.1) is 0 Å². The fraction of sp³-hybridized carbons (Fsp3) is 0.778. The van der Waals surface area contributed by atoms with Gasteiger partial charge in [-0.1, -0.05) is 18.3 Å². The molecule has 1 saturated heterocycles. The lowest BCUT2D eigenvalue weighted by Crippen LogP contribution is -2.32. The molecule has 0 aromatic carbocycles. The average Bonchev–Trinajstić information content (AvgIpc) is 2.88. The molecule has 6 nitrogen and oxygen atoms in total. The number of hydrogen-bond donors (Lipinski definition) is 2. The van der Waals surface area contributed by atoms with E-state index in [0.717, 1.165) is 30.8 Å². The fourth-order valence-electron chi connectivity index (χ4n) is 1.78. The number of sulfonamides is 1. The second-order valence-corrected chi connectivity index (χ2v) is 6.86. The quantitative estimate of drug-likeness (QED) is 0.822. The van der Waals surface area contributed by atoms with Gasteiger partial charge in [-0.15, -0.1) is 10.2 Å². The highest BCUT2D eigenvalue weighted by Gasteiger charge is 2.22. The summed E-state index contributed by atoms with van der Waals surface area (Å²) in [7, 11) is -3.32. The van der Waals surface area contributed by atoms with Gasteiger partial charge in [-0.25, -0.2) is 8.42 Å². The van der Waals surface area contributed by atoms with Gasteiger partial charge < -0.3 is 5.32 Å². The number of hydrogen-bond acceptors (Lipinski definition) is 6. The molecule has 2 N–H and O–H groups in total. The fourth-order valence-corrected chi connectivity index (χ4v) is 4.06. The molecule has 1 aliphatic rings. The number of aromatic nitrogens is 2. The topological polar surface area (TPSA) is 84.0 Å². The Labute approximate surface area is 105 Å². The zero-order valence-electron chi connectivity index (χ0n) is 9.64. The summed E-state index contributed by atoms with van der Waals surface area (Å²) in [5, 5.41) is 12.0. The molecule has 1 atom stereocenters. The Bertz CT molecular complexity index is 465. The van der Waals surface area contributed by atoms with Gasteiger partial charge in [0.2, 0.25) is 15.2 Å². The van der Waals surface area contributed by atoms with Crippen LogP contribution in [-0.2, 0) is 16.4 Å². The molecule has 0 aliphatic carbocycles. The van der Waals surface area contributed by atoms with Crippen molar-refractivity contribution in [1.29, 1.82) is 0 Å². The lowest BCUT2D eigenvalue weighted by atomic mass is 10.3. The lowest BCUT2D eigenvalue weighted by Gasteiger charge is -2.10. The number of nitrogens with one attached hydrogen (secondary N) is 2. The minimum absolute atomic E-state index is 0.0612. The third-order valence-electron chi connectivity index (χ3n) is 2.60. The van der Waals surface area contributed by atoms with Crippen molar-refractivity contribution in [3.8, 4) is 0 Å². The normalized spacial score (nSPS) is 20.6. The molecule has 1 aromatic heterocycles. The predicted molar refractivity (Wildman–Crippen MR) is 67.7 cm³/mol. The van der Waals surface area contributed by atoms with Crippen LogP contribution in [0.3, 0.4) is 0 Å². The van der Waals surface area contributed by atoms with E-state index in [-0.39, 0.29) is 11.8 Å². The van der Waals surface area contributed by atoms with Crippen LogP contribution in [0.5, 0.6) is 0 Å². The van der Waals surface area contributed by atoms with E-state index >= 15 is 0 Å². The second kappa shape index (κ2) is 5.28. The van der Waals surface area contributed by atoms with Crippen LogP contribution in [0.2, 0.25) is 0 Å². The first-order valence-electron chi connectivity index (χ1n) is 5.65. The first-order valence-corrected chi connectivity index (χ1v) is 8.12. The lowest BCUT2D eigenvalue weighted by molar-refractivity contribution is 0.581. The highest BCUT2D eigenvalue weighted by atomic mass is 32.2. The highest BCUT2D eigenvalue weighted by Crippen LogP contribution is 2.17. The maximum Gasteiger partial charge on any atom is 0.236 e. The molecule has 17 heavy (non-hydrogen) atoms. The summed E-state index contributed by atoms with van der Waals surface area (Å²) >= 11 is 1.28. The maximum atomic E-state index is 11.8. The van der Waals surface area contributed by atoms with E-state index in [1.54, 1.807) is 0 Å². The van der Waals surface area contributed by atoms with Gasteiger partial charge in [0.05, 0.1) is 5.75 Å². The van der Waals surface area contributed by atoms with Gasteiger partial charge in [0, 0.05) is 6.04 Å². The van der Waals surface area contributed by atoms with Crippen LogP contribution >= 0.6 is 11.3 Å². The van der Waals surface area contributed by atoms with Gasteiger partial charge in [-0.3, -0.25) is 4.72 Å². The van der Waals surface area contributed by atoms with Crippen LogP contribution in [0.15, 0.2) is 0 Å². The minimum Gasteiger partial charge on any atom is -0.313 e. The second-order valence-electron chi connectivity index (χ2n) is 4.03. The van der Waals surface area contributed by atoms with Crippen molar-refractivity contribution in [2.45, 2.75) is 32.2 Å².